The smallest absolute Gasteiger partial charge is 0.123 e. The van der Waals surface area contributed by atoms with Crippen LogP contribution in [0, 0.1) is 5.82 Å². The highest BCUT2D eigenvalue weighted by Crippen LogP contribution is 2.25. The molecule has 0 heterocycles. The van der Waals surface area contributed by atoms with Crippen molar-refractivity contribution in [2.75, 3.05) is 6.61 Å². The molecule has 3 heteroatoms. The van der Waals surface area contributed by atoms with Gasteiger partial charge in [-0.05, 0) is 30.5 Å². The van der Waals surface area contributed by atoms with E-state index in [9.17, 15) is 4.39 Å². The van der Waals surface area contributed by atoms with Crippen molar-refractivity contribution < 1.29 is 9.50 Å². The van der Waals surface area contributed by atoms with Crippen LogP contribution in [0.3, 0.4) is 0 Å². The van der Waals surface area contributed by atoms with Gasteiger partial charge in [0.1, 0.15) is 5.82 Å². The molecule has 0 fully saturated rings. The third-order valence-corrected chi connectivity index (χ3v) is 2.59. The fourth-order valence-electron chi connectivity index (χ4n) is 1.52. The fraction of sp³-hybridized carbons (Fsp3) is 0.455. The van der Waals surface area contributed by atoms with Crippen molar-refractivity contribution in [1.82, 2.24) is 0 Å². The van der Waals surface area contributed by atoms with E-state index in [1.165, 1.54) is 12.1 Å². The van der Waals surface area contributed by atoms with E-state index in [1.54, 1.807) is 12.1 Å². The van der Waals surface area contributed by atoms with Crippen LogP contribution in [0.15, 0.2) is 24.3 Å². The second-order valence-corrected chi connectivity index (χ2v) is 3.49. The Kier molecular flexibility index (Phi) is 3.61. The number of aliphatic hydroxyl groups is 1. The van der Waals surface area contributed by atoms with Crippen molar-refractivity contribution in [2.45, 2.75) is 25.3 Å². The summed E-state index contributed by atoms with van der Waals surface area (Å²) >= 11 is 0. The molecule has 0 saturated heterocycles. The van der Waals surface area contributed by atoms with Crippen LogP contribution in [0.4, 0.5) is 4.39 Å². The van der Waals surface area contributed by atoms with Gasteiger partial charge in [-0.25, -0.2) is 4.39 Å². The Labute approximate surface area is 83.6 Å². The quantitative estimate of drug-likeness (QED) is 0.772. The molecule has 0 radical (unpaired) electrons. The van der Waals surface area contributed by atoms with Crippen LogP contribution in [0.1, 0.15) is 25.3 Å². The predicted octanol–water partition coefficient (Wildman–Crippen LogP) is 1.77. The zero-order valence-corrected chi connectivity index (χ0v) is 8.33. The average Bonchev–Trinajstić information content (AvgIpc) is 2.18. The molecule has 1 aromatic rings. The van der Waals surface area contributed by atoms with Gasteiger partial charge in [0.15, 0.2) is 0 Å². The third kappa shape index (κ3) is 2.30. The number of aliphatic hydroxyl groups excluding tert-OH is 1. The number of nitrogens with two attached hydrogens (primary N) is 1. The van der Waals surface area contributed by atoms with Gasteiger partial charge >= 0.3 is 0 Å². The Bertz CT molecular complexity index is 303. The molecule has 14 heavy (non-hydrogen) atoms. The lowest BCUT2D eigenvalue weighted by atomic mass is 9.85. The van der Waals surface area contributed by atoms with Gasteiger partial charge in [0.2, 0.25) is 0 Å². The molecule has 1 rings (SSSR count). The van der Waals surface area contributed by atoms with Gasteiger partial charge in [-0.2, -0.15) is 0 Å². The van der Waals surface area contributed by atoms with E-state index < -0.39 is 5.54 Å². The molecular weight excluding hydrogens is 181 g/mol. The molecule has 0 bridgehead atoms. The molecular formula is C11H16FNO. The lowest BCUT2D eigenvalue weighted by Crippen LogP contribution is -2.37. The first-order valence-electron chi connectivity index (χ1n) is 4.78. The van der Waals surface area contributed by atoms with E-state index in [0.29, 0.717) is 12.8 Å². The van der Waals surface area contributed by atoms with Crippen molar-refractivity contribution in [1.29, 1.82) is 0 Å². The first-order chi connectivity index (χ1) is 6.62. The summed E-state index contributed by atoms with van der Waals surface area (Å²) in [5.41, 5.74) is 6.20. The van der Waals surface area contributed by atoms with Gasteiger partial charge in [0.25, 0.3) is 0 Å². The Morgan fingerprint density at radius 2 is 2.21 bits per heavy atom. The normalized spacial score (nSPS) is 15.1. The number of benzene rings is 1. The van der Waals surface area contributed by atoms with Crippen LogP contribution >= 0.6 is 0 Å². The highest BCUT2D eigenvalue weighted by Gasteiger charge is 2.24. The number of hydrogen-bond donors (Lipinski definition) is 2. The molecule has 0 aliphatic heterocycles. The minimum Gasteiger partial charge on any atom is -0.396 e. The molecule has 0 aromatic heterocycles. The van der Waals surface area contributed by atoms with Crippen LogP contribution in [0.2, 0.25) is 0 Å². The predicted molar refractivity (Wildman–Crippen MR) is 54.3 cm³/mol. The first kappa shape index (κ1) is 11.1. The molecule has 3 N–H and O–H groups in total. The summed E-state index contributed by atoms with van der Waals surface area (Å²) in [7, 11) is 0. The van der Waals surface area contributed by atoms with E-state index in [-0.39, 0.29) is 12.4 Å². The molecule has 0 aliphatic carbocycles. The van der Waals surface area contributed by atoms with E-state index in [1.807, 2.05) is 6.92 Å². The van der Waals surface area contributed by atoms with E-state index in [0.717, 1.165) is 5.56 Å². The van der Waals surface area contributed by atoms with Crippen molar-refractivity contribution in [3.8, 4) is 0 Å². The zero-order valence-electron chi connectivity index (χ0n) is 8.33. The van der Waals surface area contributed by atoms with Gasteiger partial charge in [-0.15, -0.1) is 0 Å². The molecule has 2 nitrogen and oxygen atoms in total. The summed E-state index contributed by atoms with van der Waals surface area (Å²) in [6, 6.07) is 6.25. The molecule has 78 valence electrons. The highest BCUT2D eigenvalue weighted by molar-refractivity contribution is 5.24. The molecule has 1 atom stereocenters. The van der Waals surface area contributed by atoms with Gasteiger partial charge in [0, 0.05) is 12.1 Å². The monoisotopic (exact) mass is 197 g/mol. The minimum absolute atomic E-state index is 0.0147. The lowest BCUT2D eigenvalue weighted by Gasteiger charge is -2.28. The summed E-state index contributed by atoms with van der Waals surface area (Å²) in [6.07, 6.45) is 1.13. The Hall–Kier alpha value is -0.930. The number of hydrogen-bond acceptors (Lipinski definition) is 2. The van der Waals surface area contributed by atoms with Crippen LogP contribution < -0.4 is 5.73 Å². The molecule has 1 aromatic carbocycles. The van der Waals surface area contributed by atoms with E-state index >= 15 is 0 Å². The maximum atomic E-state index is 13.0. The maximum absolute atomic E-state index is 13.0. The van der Waals surface area contributed by atoms with Crippen molar-refractivity contribution in [2.24, 2.45) is 5.73 Å². The van der Waals surface area contributed by atoms with Crippen LogP contribution in [-0.2, 0) is 5.54 Å². The summed E-state index contributed by atoms with van der Waals surface area (Å²) < 4.78 is 13.0. The van der Waals surface area contributed by atoms with Crippen LogP contribution in [0.5, 0.6) is 0 Å². The SMILES string of the molecule is CCC(N)(CCO)c1cccc(F)c1. The van der Waals surface area contributed by atoms with Crippen LogP contribution in [-0.4, -0.2) is 11.7 Å². The second kappa shape index (κ2) is 4.53. The zero-order chi connectivity index (χ0) is 10.6. The summed E-state index contributed by atoms with van der Waals surface area (Å²) in [5, 5.41) is 8.89. The van der Waals surface area contributed by atoms with Gasteiger partial charge in [-0.3, -0.25) is 0 Å². The van der Waals surface area contributed by atoms with Crippen molar-refractivity contribution in [3.63, 3.8) is 0 Å². The van der Waals surface area contributed by atoms with Crippen molar-refractivity contribution in [3.05, 3.63) is 35.6 Å². The fourth-order valence-corrected chi connectivity index (χ4v) is 1.52. The minimum atomic E-state index is -0.614. The Balaban J connectivity index is 2.99. The standard InChI is InChI=1S/C11H16FNO/c1-2-11(13,6-7-14)9-4-3-5-10(12)8-9/h3-5,8,14H,2,6-7,13H2,1H3. The largest absolute Gasteiger partial charge is 0.396 e. The Morgan fingerprint density at radius 1 is 1.50 bits per heavy atom. The lowest BCUT2D eigenvalue weighted by molar-refractivity contribution is 0.234. The number of halogens is 1. The second-order valence-electron chi connectivity index (χ2n) is 3.49. The molecule has 1 unspecified atom stereocenters. The van der Waals surface area contributed by atoms with E-state index in [4.69, 9.17) is 10.8 Å². The Morgan fingerprint density at radius 3 is 2.71 bits per heavy atom. The first-order valence-corrected chi connectivity index (χ1v) is 4.78. The molecule has 0 amide bonds. The summed E-state index contributed by atoms with van der Waals surface area (Å²) in [6.45, 7) is 1.95. The number of rotatable bonds is 4. The summed E-state index contributed by atoms with van der Waals surface area (Å²) in [4.78, 5) is 0. The highest BCUT2D eigenvalue weighted by atomic mass is 19.1. The average molecular weight is 197 g/mol. The topological polar surface area (TPSA) is 46.2 Å². The molecule has 0 saturated carbocycles. The third-order valence-electron chi connectivity index (χ3n) is 2.59. The molecule has 0 spiro atoms. The van der Waals surface area contributed by atoms with Crippen LogP contribution in [0.25, 0.3) is 0 Å². The molecule has 0 aliphatic rings. The maximum Gasteiger partial charge on any atom is 0.123 e. The summed E-state index contributed by atoms with van der Waals surface area (Å²) in [5.74, 6) is -0.288. The van der Waals surface area contributed by atoms with Crippen molar-refractivity contribution >= 4 is 0 Å². The van der Waals surface area contributed by atoms with Gasteiger partial charge < -0.3 is 10.8 Å². The van der Waals surface area contributed by atoms with Gasteiger partial charge in [-0.1, -0.05) is 19.1 Å². The van der Waals surface area contributed by atoms with E-state index in [2.05, 4.69) is 0 Å². The van der Waals surface area contributed by atoms with Gasteiger partial charge in [0.05, 0.1) is 0 Å².